The third-order valence-corrected chi connectivity index (χ3v) is 4.98. The number of aliphatic hydroxyl groups excluding tert-OH is 1. The lowest BCUT2D eigenvalue weighted by atomic mass is 9.93. The second-order valence-corrected chi connectivity index (χ2v) is 7.27. The van der Waals surface area contributed by atoms with Crippen molar-refractivity contribution in [2.45, 2.75) is 37.9 Å². The van der Waals surface area contributed by atoms with Crippen LogP contribution in [0.25, 0.3) is 0 Å². The number of carbonyl (C=O) groups is 1. The first-order valence-electron chi connectivity index (χ1n) is 10.3. The average Bonchev–Trinajstić information content (AvgIpc) is 2.78. The smallest absolute Gasteiger partial charge is 0.286 e. The Kier molecular flexibility index (Phi) is 8.41. The van der Waals surface area contributed by atoms with Crippen molar-refractivity contribution in [1.82, 2.24) is 5.32 Å². The standard InChI is InChI=1S/C24H28FNO4/c25-21-10-8-19(9-11-21)20-16-22(30-23(17-20)29-15-5-4-14-27)24(28)26-13-12-18-6-2-1-3-7-18/h1-3,6-11,16,20,23,27H,4-5,12-15,17H2,(H,26,28)/t20-,23+/m1/s1. The first-order chi connectivity index (χ1) is 14.7. The minimum Gasteiger partial charge on any atom is -0.459 e. The molecule has 0 spiro atoms. The molecular weight excluding hydrogens is 385 g/mol. The summed E-state index contributed by atoms with van der Waals surface area (Å²) >= 11 is 0. The van der Waals surface area contributed by atoms with E-state index in [2.05, 4.69) is 5.32 Å². The Morgan fingerprint density at radius 2 is 1.90 bits per heavy atom. The lowest BCUT2D eigenvalue weighted by Gasteiger charge is -2.29. The SMILES string of the molecule is O=C(NCCc1ccccc1)C1=C[C@@H](c2ccc(F)cc2)C[C@@H](OCCCCO)O1. The highest BCUT2D eigenvalue weighted by atomic mass is 19.1. The molecule has 6 heteroatoms. The van der Waals surface area contributed by atoms with Gasteiger partial charge < -0.3 is 19.9 Å². The van der Waals surface area contributed by atoms with E-state index < -0.39 is 6.29 Å². The number of rotatable bonds is 10. The molecule has 0 saturated heterocycles. The van der Waals surface area contributed by atoms with E-state index in [0.29, 0.717) is 32.4 Å². The van der Waals surface area contributed by atoms with Gasteiger partial charge in [0.15, 0.2) is 5.76 Å². The third-order valence-electron chi connectivity index (χ3n) is 4.98. The Morgan fingerprint density at radius 1 is 1.13 bits per heavy atom. The van der Waals surface area contributed by atoms with E-state index in [4.69, 9.17) is 14.6 Å². The molecule has 2 aromatic rings. The molecule has 2 atom stereocenters. The molecule has 0 radical (unpaired) electrons. The van der Waals surface area contributed by atoms with Crippen LogP contribution in [0.5, 0.6) is 0 Å². The summed E-state index contributed by atoms with van der Waals surface area (Å²) in [6.07, 6.45) is 3.82. The zero-order valence-electron chi connectivity index (χ0n) is 16.9. The van der Waals surface area contributed by atoms with Crippen molar-refractivity contribution in [1.29, 1.82) is 0 Å². The van der Waals surface area contributed by atoms with E-state index in [9.17, 15) is 9.18 Å². The molecule has 0 fully saturated rings. The van der Waals surface area contributed by atoms with Crippen LogP contribution in [0.15, 0.2) is 66.4 Å². The van der Waals surface area contributed by atoms with Crippen LogP contribution < -0.4 is 5.32 Å². The number of carbonyl (C=O) groups excluding carboxylic acids is 1. The zero-order chi connectivity index (χ0) is 21.2. The molecule has 0 aromatic heterocycles. The number of allylic oxidation sites excluding steroid dienone is 1. The summed E-state index contributed by atoms with van der Waals surface area (Å²) in [6.45, 7) is 1.04. The maximum absolute atomic E-state index is 13.3. The summed E-state index contributed by atoms with van der Waals surface area (Å²) in [5.74, 6) is -0.486. The van der Waals surface area contributed by atoms with Gasteiger partial charge in [0, 0.05) is 25.5 Å². The number of aliphatic hydroxyl groups is 1. The Morgan fingerprint density at radius 3 is 2.63 bits per heavy atom. The lowest BCUT2D eigenvalue weighted by molar-refractivity contribution is -0.146. The monoisotopic (exact) mass is 413 g/mol. The highest BCUT2D eigenvalue weighted by Gasteiger charge is 2.28. The third kappa shape index (κ3) is 6.68. The number of halogens is 1. The molecule has 1 heterocycles. The minimum absolute atomic E-state index is 0.113. The predicted molar refractivity (Wildman–Crippen MR) is 112 cm³/mol. The molecular formula is C24H28FNO4. The van der Waals surface area contributed by atoms with E-state index >= 15 is 0 Å². The highest BCUT2D eigenvalue weighted by Crippen LogP contribution is 2.31. The second-order valence-electron chi connectivity index (χ2n) is 7.27. The molecule has 1 amide bonds. The van der Waals surface area contributed by atoms with Gasteiger partial charge in [-0.15, -0.1) is 0 Å². The quantitative estimate of drug-likeness (QED) is 0.583. The molecule has 0 bridgehead atoms. The highest BCUT2D eigenvalue weighted by molar-refractivity contribution is 5.91. The first kappa shape index (κ1) is 22.0. The van der Waals surface area contributed by atoms with Gasteiger partial charge in [0.1, 0.15) is 5.82 Å². The normalized spacial score (nSPS) is 18.4. The number of nitrogens with one attached hydrogen (secondary N) is 1. The molecule has 1 aliphatic heterocycles. The summed E-state index contributed by atoms with van der Waals surface area (Å²) in [5, 5.41) is 11.8. The summed E-state index contributed by atoms with van der Waals surface area (Å²) in [5.41, 5.74) is 2.05. The second kappa shape index (κ2) is 11.5. The molecule has 30 heavy (non-hydrogen) atoms. The number of benzene rings is 2. The van der Waals surface area contributed by atoms with Gasteiger partial charge in [0.05, 0.1) is 6.61 Å². The van der Waals surface area contributed by atoms with Gasteiger partial charge in [-0.1, -0.05) is 42.5 Å². The zero-order valence-corrected chi connectivity index (χ0v) is 16.9. The first-order valence-corrected chi connectivity index (χ1v) is 10.3. The van der Waals surface area contributed by atoms with Crippen LogP contribution in [0.2, 0.25) is 0 Å². The van der Waals surface area contributed by atoms with E-state index in [1.807, 2.05) is 30.3 Å². The van der Waals surface area contributed by atoms with Crippen LogP contribution in [0.3, 0.4) is 0 Å². The van der Waals surface area contributed by atoms with Crippen molar-refractivity contribution in [3.8, 4) is 0 Å². The number of amides is 1. The van der Waals surface area contributed by atoms with Crippen LogP contribution in [0, 0.1) is 5.82 Å². The van der Waals surface area contributed by atoms with E-state index in [1.54, 1.807) is 18.2 Å². The summed E-state index contributed by atoms with van der Waals surface area (Å²) in [7, 11) is 0. The van der Waals surface area contributed by atoms with Crippen LogP contribution in [0.1, 0.15) is 36.3 Å². The van der Waals surface area contributed by atoms with Gasteiger partial charge in [0.25, 0.3) is 5.91 Å². The topological polar surface area (TPSA) is 67.8 Å². The van der Waals surface area contributed by atoms with Crippen molar-refractivity contribution in [3.05, 3.63) is 83.4 Å². The number of unbranched alkanes of at least 4 members (excludes halogenated alkanes) is 1. The van der Waals surface area contributed by atoms with Crippen molar-refractivity contribution >= 4 is 5.91 Å². The van der Waals surface area contributed by atoms with Crippen molar-refractivity contribution in [3.63, 3.8) is 0 Å². The summed E-state index contributed by atoms with van der Waals surface area (Å²) in [4.78, 5) is 12.7. The molecule has 1 aliphatic rings. The van der Waals surface area contributed by atoms with Crippen LogP contribution in [-0.4, -0.2) is 37.1 Å². The fraction of sp³-hybridized carbons (Fsp3) is 0.375. The van der Waals surface area contributed by atoms with Crippen LogP contribution in [-0.2, 0) is 20.7 Å². The fourth-order valence-corrected chi connectivity index (χ4v) is 3.34. The molecule has 0 aliphatic carbocycles. The average molecular weight is 413 g/mol. The minimum atomic E-state index is -0.571. The Balaban J connectivity index is 1.64. The fourth-order valence-electron chi connectivity index (χ4n) is 3.34. The molecule has 3 rings (SSSR count). The van der Waals surface area contributed by atoms with Gasteiger partial charge in [-0.25, -0.2) is 4.39 Å². The van der Waals surface area contributed by atoms with Crippen molar-refractivity contribution in [2.75, 3.05) is 19.8 Å². The largest absolute Gasteiger partial charge is 0.459 e. The van der Waals surface area contributed by atoms with Crippen molar-refractivity contribution in [2.24, 2.45) is 0 Å². The molecule has 0 saturated carbocycles. The summed E-state index contributed by atoms with van der Waals surface area (Å²) < 4.78 is 24.9. The van der Waals surface area contributed by atoms with Crippen LogP contribution >= 0.6 is 0 Å². The van der Waals surface area contributed by atoms with Crippen LogP contribution in [0.4, 0.5) is 4.39 Å². The summed E-state index contributed by atoms with van der Waals surface area (Å²) in [6, 6.07) is 16.2. The van der Waals surface area contributed by atoms with E-state index in [1.165, 1.54) is 12.1 Å². The number of ether oxygens (including phenoxy) is 2. The lowest BCUT2D eigenvalue weighted by Crippen LogP contribution is -2.34. The Labute approximate surface area is 176 Å². The van der Waals surface area contributed by atoms with Gasteiger partial charge >= 0.3 is 0 Å². The van der Waals surface area contributed by atoms with Gasteiger partial charge in [-0.05, 0) is 48.6 Å². The Bertz CT molecular complexity index is 823. The molecule has 5 nitrogen and oxygen atoms in total. The molecule has 2 N–H and O–H groups in total. The van der Waals surface area contributed by atoms with E-state index in [-0.39, 0.29) is 30.0 Å². The number of hydrogen-bond acceptors (Lipinski definition) is 4. The maximum atomic E-state index is 13.3. The van der Waals surface area contributed by atoms with Gasteiger partial charge in [-0.3, -0.25) is 4.79 Å². The van der Waals surface area contributed by atoms with Gasteiger partial charge in [-0.2, -0.15) is 0 Å². The Hall–Kier alpha value is -2.70. The number of hydrogen-bond donors (Lipinski definition) is 2. The molecule has 0 unspecified atom stereocenters. The molecule has 2 aromatic carbocycles. The van der Waals surface area contributed by atoms with Crippen molar-refractivity contribution < 1.29 is 23.8 Å². The van der Waals surface area contributed by atoms with E-state index in [0.717, 1.165) is 17.5 Å². The molecule has 160 valence electrons. The predicted octanol–water partition coefficient (Wildman–Crippen LogP) is 3.69. The van der Waals surface area contributed by atoms with Gasteiger partial charge in [0.2, 0.25) is 6.29 Å². The maximum Gasteiger partial charge on any atom is 0.286 e.